The minimum Gasteiger partial charge on any atom is -0.331 e. The molecule has 1 aliphatic carbocycles. The number of urea groups is 1. The number of benzene rings is 1. The number of carbonyl (C=O) groups is 3. The first-order valence-electron chi connectivity index (χ1n) is 13.8. The Morgan fingerprint density at radius 3 is 2.33 bits per heavy atom. The molecule has 0 saturated heterocycles. The van der Waals surface area contributed by atoms with Crippen LogP contribution >= 0.6 is 11.3 Å². The predicted molar refractivity (Wildman–Crippen MR) is 156 cm³/mol. The Morgan fingerprint density at radius 1 is 1.02 bits per heavy atom. The second kappa shape index (κ2) is 12.8. The summed E-state index contributed by atoms with van der Waals surface area (Å²) in [4.78, 5) is 43.4. The smallest absolute Gasteiger partial charge is 0.323 e. The quantitative estimate of drug-likeness (QED) is 0.478. The zero-order chi connectivity index (χ0) is 29.0. The van der Waals surface area contributed by atoms with E-state index in [9.17, 15) is 22.8 Å². The van der Waals surface area contributed by atoms with E-state index >= 15 is 0 Å². The van der Waals surface area contributed by atoms with Crippen LogP contribution in [-0.2, 0) is 23.0 Å². The monoisotopic (exact) mass is 589 g/mol. The van der Waals surface area contributed by atoms with Crippen LogP contribution in [0.25, 0.3) is 0 Å². The average molecular weight is 590 g/mol. The lowest BCUT2D eigenvalue weighted by Gasteiger charge is -2.30. The lowest BCUT2D eigenvalue weighted by molar-refractivity contribution is 0.0956. The summed E-state index contributed by atoms with van der Waals surface area (Å²) >= 11 is 1.34. The second-order valence-corrected chi connectivity index (χ2v) is 13.8. The molecule has 218 valence electrons. The molecule has 12 heteroatoms. The summed E-state index contributed by atoms with van der Waals surface area (Å²) in [6, 6.07) is 5.33. The van der Waals surface area contributed by atoms with E-state index in [1.54, 1.807) is 21.1 Å². The molecule has 4 rings (SSSR count). The van der Waals surface area contributed by atoms with Crippen LogP contribution in [0.5, 0.6) is 0 Å². The molecule has 0 bridgehead atoms. The molecule has 2 aliphatic rings. The predicted octanol–water partition coefficient (Wildman–Crippen LogP) is 4.13. The Kier molecular flexibility index (Phi) is 9.65. The number of hydrogen-bond donors (Lipinski definition) is 2. The molecule has 0 atom stereocenters. The van der Waals surface area contributed by atoms with E-state index in [2.05, 4.69) is 22.5 Å². The van der Waals surface area contributed by atoms with Gasteiger partial charge in [0.15, 0.2) is 0 Å². The number of imide groups is 1. The number of hydrogen-bond acceptors (Lipinski definition) is 7. The third kappa shape index (κ3) is 6.56. The molecule has 2 aromatic rings. The fourth-order valence-corrected chi connectivity index (χ4v) is 8.02. The summed E-state index contributed by atoms with van der Waals surface area (Å²) in [5.41, 5.74) is 1.44. The van der Waals surface area contributed by atoms with Gasteiger partial charge in [-0.2, -0.15) is 4.31 Å². The number of nitrogens with zero attached hydrogens (tertiary/aromatic N) is 3. The summed E-state index contributed by atoms with van der Waals surface area (Å²) in [7, 11) is 1.05. The first-order valence-corrected chi connectivity index (χ1v) is 16.1. The minimum absolute atomic E-state index is 0.0104. The van der Waals surface area contributed by atoms with Gasteiger partial charge in [-0.05, 0) is 62.1 Å². The van der Waals surface area contributed by atoms with Crippen LogP contribution in [0.2, 0.25) is 0 Å². The van der Waals surface area contributed by atoms with Gasteiger partial charge in [-0.15, -0.1) is 11.3 Å². The third-order valence-corrected chi connectivity index (χ3v) is 10.7. The van der Waals surface area contributed by atoms with Gasteiger partial charge in [0.2, 0.25) is 10.0 Å². The topological polar surface area (TPSA) is 119 Å². The normalized spacial score (nSPS) is 16.4. The van der Waals surface area contributed by atoms with Crippen molar-refractivity contribution in [1.29, 1.82) is 0 Å². The van der Waals surface area contributed by atoms with Crippen LogP contribution in [0.4, 0.5) is 9.80 Å². The van der Waals surface area contributed by atoms with Gasteiger partial charge in [-0.25, -0.2) is 13.2 Å². The van der Waals surface area contributed by atoms with Crippen molar-refractivity contribution >= 4 is 44.2 Å². The van der Waals surface area contributed by atoms with Gasteiger partial charge < -0.3 is 10.2 Å². The van der Waals surface area contributed by atoms with Crippen LogP contribution in [0.15, 0.2) is 29.2 Å². The van der Waals surface area contributed by atoms with Crippen molar-refractivity contribution in [2.24, 2.45) is 0 Å². The minimum atomic E-state index is -3.68. The van der Waals surface area contributed by atoms with Crippen molar-refractivity contribution in [3.05, 3.63) is 45.8 Å². The van der Waals surface area contributed by atoms with E-state index in [1.807, 2.05) is 0 Å². The number of sulfonamides is 1. The van der Waals surface area contributed by atoms with Crippen molar-refractivity contribution in [3.63, 3.8) is 0 Å². The van der Waals surface area contributed by atoms with Gasteiger partial charge in [-0.1, -0.05) is 26.2 Å². The molecule has 1 aromatic carbocycles. The number of fused-ring (bicyclic) bond motifs is 1. The SMILES string of the molecule is CCCN1CCc2c(sc(NC(=O)c3ccc(S(=O)(=O)N(C)C4CCCCC4)cc3)c2C(=O)NC(=O)N(C)C)C1. The van der Waals surface area contributed by atoms with E-state index in [-0.39, 0.29) is 16.5 Å². The molecular formula is C28H39N5O5S2. The zero-order valence-corrected chi connectivity index (χ0v) is 25.3. The van der Waals surface area contributed by atoms with Crippen LogP contribution in [-0.4, -0.2) is 80.6 Å². The molecule has 10 nitrogen and oxygen atoms in total. The molecule has 0 radical (unpaired) electrons. The number of thiophene rings is 1. The first-order chi connectivity index (χ1) is 19.0. The second-order valence-electron chi connectivity index (χ2n) is 10.7. The molecule has 1 aromatic heterocycles. The number of carbonyl (C=O) groups excluding carboxylic acids is 3. The van der Waals surface area contributed by atoms with Gasteiger partial charge in [0, 0.05) is 50.7 Å². The number of rotatable bonds is 8. The standard InChI is InChI=1S/C28H39N5O5S2/c1-5-16-33-17-15-22-23(18-33)39-27(24(22)26(35)30-28(36)31(2)3)29-25(34)19-11-13-21(14-12-19)40(37,38)32(4)20-9-7-6-8-10-20/h11-14,20H,5-10,15-18H2,1-4H3,(H,29,34)(H,30,35,36). The highest BCUT2D eigenvalue weighted by Crippen LogP contribution is 2.37. The van der Waals surface area contributed by atoms with Crippen LogP contribution in [0, 0.1) is 0 Å². The van der Waals surface area contributed by atoms with Gasteiger partial charge in [-0.3, -0.25) is 19.8 Å². The Bertz CT molecular complexity index is 1350. The van der Waals surface area contributed by atoms with Crippen molar-refractivity contribution < 1.29 is 22.8 Å². The number of nitrogens with one attached hydrogen (secondary N) is 2. The van der Waals surface area contributed by atoms with E-state index in [0.29, 0.717) is 23.5 Å². The van der Waals surface area contributed by atoms with E-state index in [0.717, 1.165) is 62.1 Å². The molecule has 1 aliphatic heterocycles. The lowest BCUT2D eigenvalue weighted by Crippen LogP contribution is -2.39. The molecule has 1 fully saturated rings. The fourth-order valence-electron chi connectivity index (χ4n) is 5.32. The molecule has 40 heavy (non-hydrogen) atoms. The van der Waals surface area contributed by atoms with E-state index in [4.69, 9.17) is 0 Å². The highest BCUT2D eigenvalue weighted by Gasteiger charge is 2.31. The van der Waals surface area contributed by atoms with E-state index in [1.165, 1.54) is 44.8 Å². The maximum atomic E-state index is 13.3. The zero-order valence-electron chi connectivity index (χ0n) is 23.7. The van der Waals surface area contributed by atoms with Crippen molar-refractivity contribution in [2.45, 2.75) is 69.4 Å². The van der Waals surface area contributed by atoms with Gasteiger partial charge in [0.05, 0.1) is 10.5 Å². The highest BCUT2D eigenvalue weighted by molar-refractivity contribution is 7.89. The lowest BCUT2D eigenvalue weighted by atomic mass is 9.96. The maximum absolute atomic E-state index is 13.3. The van der Waals surface area contributed by atoms with E-state index < -0.39 is 27.9 Å². The summed E-state index contributed by atoms with van der Waals surface area (Å²) in [5.74, 6) is -1.01. The van der Waals surface area contributed by atoms with Crippen LogP contribution in [0.1, 0.15) is 76.6 Å². The molecule has 2 N–H and O–H groups in total. The number of amides is 4. The Morgan fingerprint density at radius 2 is 1.70 bits per heavy atom. The fraction of sp³-hybridized carbons (Fsp3) is 0.536. The van der Waals surface area contributed by atoms with Crippen molar-refractivity contribution in [1.82, 2.24) is 19.4 Å². The van der Waals surface area contributed by atoms with Crippen molar-refractivity contribution in [3.8, 4) is 0 Å². The van der Waals surface area contributed by atoms with Crippen LogP contribution in [0.3, 0.4) is 0 Å². The number of anilines is 1. The largest absolute Gasteiger partial charge is 0.331 e. The Labute approximate surface area is 240 Å². The molecular weight excluding hydrogens is 550 g/mol. The summed E-state index contributed by atoms with van der Waals surface area (Å²) in [6.07, 6.45) is 6.54. The highest BCUT2D eigenvalue weighted by atomic mass is 32.2. The molecule has 4 amide bonds. The maximum Gasteiger partial charge on any atom is 0.323 e. The summed E-state index contributed by atoms with van der Waals surface area (Å²) < 4.78 is 27.8. The Balaban J connectivity index is 1.55. The summed E-state index contributed by atoms with van der Waals surface area (Å²) in [6.45, 7) is 4.52. The van der Waals surface area contributed by atoms with Crippen LogP contribution < -0.4 is 10.6 Å². The van der Waals surface area contributed by atoms with Crippen molar-refractivity contribution in [2.75, 3.05) is 39.5 Å². The first kappa shape index (κ1) is 30.2. The molecule has 0 unspecified atom stereocenters. The third-order valence-electron chi connectivity index (χ3n) is 7.64. The molecule has 2 heterocycles. The van der Waals surface area contributed by atoms with Gasteiger partial charge in [0.25, 0.3) is 11.8 Å². The summed E-state index contributed by atoms with van der Waals surface area (Å²) in [5, 5.41) is 5.64. The Hall–Kier alpha value is -2.80. The average Bonchev–Trinajstić information content (AvgIpc) is 3.30. The van der Waals surface area contributed by atoms with Gasteiger partial charge >= 0.3 is 6.03 Å². The molecule has 0 spiro atoms. The van der Waals surface area contributed by atoms with Gasteiger partial charge in [0.1, 0.15) is 5.00 Å². The molecule has 1 saturated carbocycles.